The maximum atomic E-state index is 4.93. The molecule has 0 atom stereocenters. The molecular formula is Br2Cl2Sn2. The van der Waals surface area contributed by atoms with E-state index in [0.717, 1.165) is 0 Å². The summed E-state index contributed by atoms with van der Waals surface area (Å²) in [5.41, 5.74) is 0. The third kappa shape index (κ3) is 27.3. The molecule has 6 heteroatoms. The molecule has 0 saturated heterocycles. The van der Waals surface area contributed by atoms with Gasteiger partial charge < -0.3 is 0 Å². The van der Waals surface area contributed by atoms with E-state index in [2.05, 4.69) is 25.4 Å². The van der Waals surface area contributed by atoms with Gasteiger partial charge in [0, 0.05) is 0 Å². The fourth-order valence-electron chi connectivity index (χ4n) is 0. The van der Waals surface area contributed by atoms with E-state index in [0.29, 0.717) is 0 Å². The molecule has 0 rings (SSSR count). The standard InChI is InChI=1S/2BrH.2ClH.2Sn/h4*1H;;/q;;;;2*+2/p-4. The summed E-state index contributed by atoms with van der Waals surface area (Å²) in [5, 5.41) is 0. The normalized spacial score (nSPS) is 6.00. The molecule has 0 amide bonds. The zero-order chi connectivity index (χ0) is 5.41. The minimum absolute atomic E-state index is 0.145. The predicted molar refractivity (Wildman–Crippen MR) is 41.1 cm³/mol. The average molecular weight is 468 g/mol. The second-order valence-corrected chi connectivity index (χ2v) is 17.2. The first-order valence-corrected chi connectivity index (χ1v) is 20.8. The van der Waals surface area contributed by atoms with Gasteiger partial charge in [-0.3, -0.25) is 0 Å². The molecule has 0 bridgehead atoms. The molecule has 0 aromatic heterocycles. The Morgan fingerprint density at radius 2 is 1.17 bits per heavy atom. The zero-order valence-corrected chi connectivity index (χ0v) is 12.9. The van der Waals surface area contributed by atoms with E-state index in [9.17, 15) is 0 Å². The number of rotatable bonds is 0. The van der Waals surface area contributed by atoms with Crippen LogP contribution in [-0.4, -0.2) is 35.6 Å². The molecule has 0 fully saturated rings. The number of halogens is 4. The summed E-state index contributed by atoms with van der Waals surface area (Å²) in [5.74, 6) is 0. The van der Waals surface area contributed by atoms with Gasteiger partial charge in [-0.2, -0.15) is 0 Å². The van der Waals surface area contributed by atoms with Crippen LogP contribution < -0.4 is 0 Å². The molecule has 0 aromatic carbocycles. The van der Waals surface area contributed by atoms with Crippen molar-refractivity contribution in [3.05, 3.63) is 0 Å². The first-order valence-electron chi connectivity index (χ1n) is 0.756. The molecule has 0 aliphatic rings. The van der Waals surface area contributed by atoms with Crippen LogP contribution in [0.3, 0.4) is 0 Å². The first kappa shape index (κ1) is 11.9. The molecule has 4 radical (unpaired) electrons. The van der Waals surface area contributed by atoms with Gasteiger partial charge >= 0.3 is 78.8 Å². The molecule has 0 unspecified atom stereocenters. The third-order valence-electron chi connectivity index (χ3n) is 0. The molecule has 36 valence electrons. The van der Waals surface area contributed by atoms with Gasteiger partial charge in [0.05, 0.1) is 0 Å². The maximum absolute atomic E-state index is 4.93. The molecule has 0 nitrogen and oxygen atoms in total. The van der Waals surface area contributed by atoms with Crippen LogP contribution in [0.15, 0.2) is 0 Å². The molecule has 0 heterocycles. The second kappa shape index (κ2) is 15.7. The average Bonchev–Trinajstić information content (AvgIpc) is 1.39. The van der Waals surface area contributed by atoms with Crippen LogP contribution >= 0.6 is 43.3 Å². The van der Waals surface area contributed by atoms with Crippen molar-refractivity contribution in [2.45, 2.75) is 0 Å². The van der Waals surface area contributed by atoms with Gasteiger partial charge in [-0.25, -0.2) is 0 Å². The van der Waals surface area contributed by atoms with Crippen molar-refractivity contribution in [2.24, 2.45) is 0 Å². The van der Waals surface area contributed by atoms with Gasteiger partial charge in [-0.15, -0.1) is 0 Å². The Hall–Kier alpha value is 3.14. The van der Waals surface area contributed by atoms with E-state index in [1.807, 2.05) is 0 Å². The van der Waals surface area contributed by atoms with Gasteiger partial charge in [0.2, 0.25) is 0 Å². The van der Waals surface area contributed by atoms with Crippen molar-refractivity contribution in [1.29, 1.82) is 0 Å². The summed E-state index contributed by atoms with van der Waals surface area (Å²) in [7, 11) is 9.87. The quantitative estimate of drug-likeness (QED) is 0.479. The fraction of sp³-hybridized carbons (Fsp3) is 0. The second-order valence-electron chi connectivity index (χ2n) is 0.143. The van der Waals surface area contributed by atoms with Crippen molar-refractivity contribution in [3.8, 4) is 0 Å². The zero-order valence-electron chi connectivity index (χ0n) is 2.51. The van der Waals surface area contributed by atoms with Crippen LogP contribution in [0.2, 0.25) is 0 Å². The Labute approximate surface area is 77.1 Å². The van der Waals surface area contributed by atoms with Crippen LogP contribution in [-0.2, 0) is 0 Å². The topological polar surface area (TPSA) is 0 Å². The van der Waals surface area contributed by atoms with E-state index in [1.54, 1.807) is 0 Å². The third-order valence-corrected chi connectivity index (χ3v) is 0. The Bertz CT molecular complexity index is 11.5. The number of hydrogen-bond acceptors (Lipinski definition) is 0. The Kier molecular flexibility index (Phi) is 31.1. The molecule has 0 aliphatic heterocycles. The SMILES string of the molecule is [Br][Sn][Br].[Cl][Sn][Cl]. The molecular weight excluding hydrogens is 468 g/mol. The monoisotopic (exact) mass is 468 g/mol. The van der Waals surface area contributed by atoms with Crippen molar-refractivity contribution in [1.82, 2.24) is 0 Å². The summed E-state index contributed by atoms with van der Waals surface area (Å²) in [6.07, 6.45) is 0. The number of hydrogen-bond donors (Lipinski definition) is 0. The first-order chi connectivity index (χ1) is 2.83. The van der Waals surface area contributed by atoms with Crippen LogP contribution in [0.25, 0.3) is 0 Å². The summed E-state index contributed by atoms with van der Waals surface area (Å²) in [6.45, 7) is 0. The van der Waals surface area contributed by atoms with Crippen LogP contribution in [0.1, 0.15) is 0 Å². The fourth-order valence-corrected chi connectivity index (χ4v) is 0. The minimum atomic E-state index is -0.826. The van der Waals surface area contributed by atoms with Gasteiger partial charge in [0.25, 0.3) is 0 Å². The van der Waals surface area contributed by atoms with Crippen molar-refractivity contribution in [3.63, 3.8) is 0 Å². The van der Waals surface area contributed by atoms with Crippen LogP contribution in [0.5, 0.6) is 0 Å². The molecule has 0 N–H and O–H groups in total. The molecule has 0 aliphatic carbocycles. The van der Waals surface area contributed by atoms with Crippen molar-refractivity contribution >= 4 is 78.8 Å². The van der Waals surface area contributed by atoms with Gasteiger partial charge in [-0.05, 0) is 0 Å². The van der Waals surface area contributed by atoms with Crippen molar-refractivity contribution < 1.29 is 0 Å². The van der Waals surface area contributed by atoms with Gasteiger partial charge in [0.1, 0.15) is 0 Å². The van der Waals surface area contributed by atoms with E-state index in [4.69, 9.17) is 17.8 Å². The van der Waals surface area contributed by atoms with E-state index in [1.165, 1.54) is 0 Å². The van der Waals surface area contributed by atoms with Gasteiger partial charge in [-0.1, -0.05) is 0 Å². The Balaban J connectivity index is 0. The molecule has 0 aromatic rings. The summed E-state index contributed by atoms with van der Waals surface area (Å²) >= 11 is 5.49. The van der Waals surface area contributed by atoms with Gasteiger partial charge in [0.15, 0.2) is 0 Å². The van der Waals surface area contributed by atoms with Crippen LogP contribution in [0.4, 0.5) is 0 Å². The van der Waals surface area contributed by atoms with E-state index in [-0.39, 0.29) is 16.7 Å². The van der Waals surface area contributed by atoms with Crippen molar-refractivity contribution in [2.75, 3.05) is 0 Å². The molecule has 0 saturated carbocycles. The molecule has 6 heavy (non-hydrogen) atoms. The summed E-state index contributed by atoms with van der Waals surface area (Å²) < 4.78 is 0. The Morgan fingerprint density at radius 1 is 1.17 bits per heavy atom. The molecule has 0 spiro atoms. The summed E-state index contributed by atoms with van der Waals surface area (Å²) in [6, 6.07) is 0. The van der Waals surface area contributed by atoms with Crippen LogP contribution in [0, 0.1) is 0 Å². The van der Waals surface area contributed by atoms with E-state index < -0.39 is 18.9 Å². The van der Waals surface area contributed by atoms with E-state index >= 15 is 0 Å². The predicted octanol–water partition coefficient (Wildman–Crippen LogP) is 2.31. The Morgan fingerprint density at radius 3 is 1.17 bits per heavy atom. The summed E-state index contributed by atoms with van der Waals surface area (Å²) in [4.78, 5) is 0.